The number of terminal acetylenes is 1. The molecule has 0 aliphatic carbocycles. The van der Waals surface area contributed by atoms with Gasteiger partial charge in [0.25, 0.3) is 0 Å². The minimum atomic E-state index is -0.914. The van der Waals surface area contributed by atoms with Crippen molar-refractivity contribution in [2.45, 2.75) is 13.5 Å². The zero-order valence-electron chi connectivity index (χ0n) is 6.74. The van der Waals surface area contributed by atoms with Gasteiger partial charge in [0.15, 0.2) is 0 Å². The number of carboxylic acids is 1. The van der Waals surface area contributed by atoms with Crippen molar-refractivity contribution in [1.82, 2.24) is 4.57 Å². The highest BCUT2D eigenvalue weighted by Gasteiger charge is 2.09. The Morgan fingerprint density at radius 3 is 2.92 bits per heavy atom. The molecular formula is C9H9NO2. The van der Waals surface area contributed by atoms with Gasteiger partial charge in [0, 0.05) is 11.9 Å². The van der Waals surface area contributed by atoms with Crippen molar-refractivity contribution in [2.24, 2.45) is 0 Å². The Bertz CT molecular complexity index is 344. The summed E-state index contributed by atoms with van der Waals surface area (Å²) in [6.45, 7) is 2.15. The topological polar surface area (TPSA) is 42.2 Å². The van der Waals surface area contributed by atoms with E-state index in [4.69, 9.17) is 11.5 Å². The zero-order valence-corrected chi connectivity index (χ0v) is 6.74. The minimum Gasteiger partial charge on any atom is -0.478 e. The molecule has 0 amide bonds. The van der Waals surface area contributed by atoms with E-state index in [1.807, 2.05) is 0 Å². The summed E-state index contributed by atoms with van der Waals surface area (Å²) in [6, 6.07) is 1.55. The molecule has 0 fully saturated rings. The Morgan fingerprint density at radius 1 is 1.83 bits per heavy atom. The third-order valence-corrected chi connectivity index (χ3v) is 1.73. The van der Waals surface area contributed by atoms with Gasteiger partial charge in [0.05, 0.1) is 12.1 Å². The Morgan fingerprint density at radius 2 is 2.50 bits per heavy atom. The molecule has 1 aromatic rings. The minimum absolute atomic E-state index is 0.310. The molecule has 0 spiro atoms. The van der Waals surface area contributed by atoms with E-state index in [0.717, 1.165) is 0 Å². The van der Waals surface area contributed by atoms with Crippen molar-refractivity contribution in [3.8, 4) is 12.3 Å². The number of hydrogen-bond donors (Lipinski definition) is 1. The zero-order chi connectivity index (χ0) is 9.14. The molecule has 3 nitrogen and oxygen atoms in total. The Balaban J connectivity index is 3.06. The predicted octanol–water partition coefficient (Wildman–Crippen LogP) is 1.13. The van der Waals surface area contributed by atoms with Crippen LogP contribution in [-0.4, -0.2) is 15.6 Å². The maximum absolute atomic E-state index is 10.6. The molecule has 0 atom stereocenters. The summed E-state index contributed by atoms with van der Waals surface area (Å²) in [5, 5.41) is 8.68. The van der Waals surface area contributed by atoms with E-state index in [9.17, 15) is 4.79 Å². The van der Waals surface area contributed by atoms with Crippen molar-refractivity contribution in [3.05, 3.63) is 23.5 Å². The van der Waals surface area contributed by atoms with Crippen LogP contribution in [0.15, 0.2) is 12.3 Å². The van der Waals surface area contributed by atoms with Crippen LogP contribution < -0.4 is 0 Å². The average Bonchev–Trinajstić information content (AvgIpc) is 2.34. The van der Waals surface area contributed by atoms with Gasteiger partial charge in [-0.2, -0.15) is 0 Å². The molecule has 1 N–H and O–H groups in total. The normalized spacial score (nSPS) is 9.33. The fraction of sp³-hybridized carbons (Fsp3) is 0.222. The molecule has 0 saturated carbocycles. The first kappa shape index (κ1) is 8.41. The van der Waals surface area contributed by atoms with Crippen LogP contribution in [0.2, 0.25) is 0 Å². The third kappa shape index (κ3) is 1.32. The highest BCUT2D eigenvalue weighted by atomic mass is 16.4. The number of hydrogen-bond acceptors (Lipinski definition) is 1. The molecule has 0 aromatic carbocycles. The summed E-state index contributed by atoms with van der Waals surface area (Å²) in [6.07, 6.45) is 6.78. The van der Waals surface area contributed by atoms with Crippen LogP contribution in [-0.2, 0) is 6.54 Å². The molecule has 0 radical (unpaired) electrons. The van der Waals surface area contributed by atoms with Crippen molar-refractivity contribution < 1.29 is 9.90 Å². The molecule has 0 bridgehead atoms. The molecule has 1 aromatic heterocycles. The van der Waals surface area contributed by atoms with Gasteiger partial charge in [-0.15, -0.1) is 6.42 Å². The van der Waals surface area contributed by atoms with Crippen LogP contribution >= 0.6 is 0 Å². The molecule has 0 aliphatic rings. The van der Waals surface area contributed by atoms with Gasteiger partial charge in [0.1, 0.15) is 0 Å². The quantitative estimate of drug-likeness (QED) is 0.664. The van der Waals surface area contributed by atoms with Crippen LogP contribution in [0.3, 0.4) is 0 Å². The molecule has 12 heavy (non-hydrogen) atoms. The van der Waals surface area contributed by atoms with Gasteiger partial charge in [-0.3, -0.25) is 0 Å². The maximum Gasteiger partial charge on any atom is 0.337 e. The second-order valence-corrected chi connectivity index (χ2v) is 2.45. The summed E-state index contributed by atoms with van der Waals surface area (Å²) in [4.78, 5) is 10.6. The van der Waals surface area contributed by atoms with E-state index in [1.54, 1.807) is 23.8 Å². The second kappa shape index (κ2) is 3.14. The Hall–Kier alpha value is -1.69. The van der Waals surface area contributed by atoms with Gasteiger partial charge < -0.3 is 9.67 Å². The van der Waals surface area contributed by atoms with E-state index in [0.29, 0.717) is 17.8 Å². The summed E-state index contributed by atoms with van der Waals surface area (Å²) >= 11 is 0. The molecule has 3 heteroatoms. The second-order valence-electron chi connectivity index (χ2n) is 2.45. The fourth-order valence-electron chi connectivity index (χ4n) is 1.05. The molecule has 0 aliphatic heterocycles. The lowest BCUT2D eigenvalue weighted by Crippen LogP contribution is -2.01. The van der Waals surface area contributed by atoms with Gasteiger partial charge in [-0.05, 0) is 13.0 Å². The molecule has 1 rings (SSSR count). The van der Waals surface area contributed by atoms with Crippen LogP contribution in [0.5, 0.6) is 0 Å². The Labute approximate surface area is 70.6 Å². The van der Waals surface area contributed by atoms with Gasteiger partial charge >= 0.3 is 5.97 Å². The van der Waals surface area contributed by atoms with E-state index < -0.39 is 5.97 Å². The van der Waals surface area contributed by atoms with Crippen LogP contribution in [0.25, 0.3) is 0 Å². The van der Waals surface area contributed by atoms with E-state index in [1.165, 1.54) is 0 Å². The number of carboxylic acid groups (broad SMARTS) is 1. The largest absolute Gasteiger partial charge is 0.478 e. The monoisotopic (exact) mass is 163 g/mol. The van der Waals surface area contributed by atoms with Gasteiger partial charge in [-0.1, -0.05) is 5.92 Å². The summed E-state index contributed by atoms with van der Waals surface area (Å²) in [7, 11) is 0. The number of aromatic nitrogens is 1. The van der Waals surface area contributed by atoms with Crippen molar-refractivity contribution in [1.29, 1.82) is 0 Å². The van der Waals surface area contributed by atoms with E-state index in [2.05, 4.69) is 5.92 Å². The van der Waals surface area contributed by atoms with Gasteiger partial charge in [0.2, 0.25) is 0 Å². The fourth-order valence-corrected chi connectivity index (χ4v) is 1.05. The third-order valence-electron chi connectivity index (χ3n) is 1.73. The predicted molar refractivity (Wildman–Crippen MR) is 45.0 cm³/mol. The molecular weight excluding hydrogens is 154 g/mol. The van der Waals surface area contributed by atoms with Crippen LogP contribution in [0.1, 0.15) is 16.1 Å². The average molecular weight is 163 g/mol. The molecule has 0 unspecified atom stereocenters. The van der Waals surface area contributed by atoms with Crippen molar-refractivity contribution >= 4 is 5.97 Å². The first-order chi connectivity index (χ1) is 5.66. The van der Waals surface area contributed by atoms with Crippen LogP contribution in [0.4, 0.5) is 0 Å². The SMILES string of the molecule is C#CCn1ccc(C(=O)O)c1C. The standard InChI is InChI=1S/C9H9NO2/c1-3-5-10-6-4-8(7(10)2)9(11)12/h1,4,6H,5H2,2H3,(H,11,12). The van der Waals surface area contributed by atoms with E-state index >= 15 is 0 Å². The first-order valence-electron chi connectivity index (χ1n) is 3.49. The lowest BCUT2D eigenvalue weighted by atomic mass is 10.2. The Kier molecular flexibility index (Phi) is 2.20. The highest BCUT2D eigenvalue weighted by Crippen LogP contribution is 2.08. The summed E-state index contributed by atoms with van der Waals surface area (Å²) in [5.74, 6) is 1.53. The first-order valence-corrected chi connectivity index (χ1v) is 3.49. The number of nitrogens with zero attached hydrogens (tertiary/aromatic N) is 1. The number of carbonyl (C=O) groups is 1. The summed E-state index contributed by atoms with van der Waals surface area (Å²) < 4.78 is 1.73. The molecule has 62 valence electrons. The van der Waals surface area contributed by atoms with Crippen LogP contribution in [0, 0.1) is 19.3 Å². The smallest absolute Gasteiger partial charge is 0.337 e. The maximum atomic E-state index is 10.6. The van der Waals surface area contributed by atoms with Gasteiger partial charge in [-0.25, -0.2) is 4.79 Å². The number of aromatic carboxylic acids is 1. The van der Waals surface area contributed by atoms with Crippen molar-refractivity contribution in [3.63, 3.8) is 0 Å². The molecule has 0 saturated heterocycles. The molecule has 1 heterocycles. The highest BCUT2D eigenvalue weighted by molar-refractivity contribution is 5.88. The summed E-state index contributed by atoms with van der Waals surface area (Å²) in [5.41, 5.74) is 1.01. The number of rotatable bonds is 2. The van der Waals surface area contributed by atoms with Crippen molar-refractivity contribution in [2.75, 3.05) is 0 Å². The van der Waals surface area contributed by atoms with E-state index in [-0.39, 0.29) is 0 Å². The lowest BCUT2D eigenvalue weighted by molar-refractivity contribution is 0.0696. The lowest BCUT2D eigenvalue weighted by Gasteiger charge is -1.99.